The Balaban J connectivity index is 3.97. The zero-order valence-electron chi connectivity index (χ0n) is 7.52. The van der Waals surface area contributed by atoms with Crippen LogP contribution in [-0.4, -0.2) is 34.6 Å². The van der Waals surface area contributed by atoms with Crippen LogP contribution in [0.1, 0.15) is 20.3 Å². The van der Waals surface area contributed by atoms with Crippen molar-refractivity contribution in [3.63, 3.8) is 0 Å². The van der Waals surface area contributed by atoms with Crippen molar-refractivity contribution in [1.82, 2.24) is 4.90 Å². The molecular formula is C8H15BrClNO. The molecule has 0 rings (SSSR count). The van der Waals surface area contributed by atoms with E-state index >= 15 is 0 Å². The van der Waals surface area contributed by atoms with Crippen molar-refractivity contribution in [2.24, 2.45) is 0 Å². The lowest BCUT2D eigenvalue weighted by Gasteiger charge is -2.21. The predicted molar refractivity (Wildman–Crippen MR) is 56.0 cm³/mol. The van der Waals surface area contributed by atoms with Gasteiger partial charge in [0, 0.05) is 19.0 Å². The molecule has 2 nitrogen and oxygen atoms in total. The molecule has 0 fully saturated rings. The number of halogens is 2. The molecule has 1 amide bonds. The summed E-state index contributed by atoms with van der Waals surface area (Å²) >= 11 is 8.84. The lowest BCUT2D eigenvalue weighted by molar-refractivity contribution is -0.130. The maximum Gasteiger partial charge on any atom is 0.236 e. The smallest absolute Gasteiger partial charge is 0.236 e. The van der Waals surface area contributed by atoms with Crippen molar-refractivity contribution in [1.29, 1.82) is 0 Å². The van der Waals surface area contributed by atoms with Crippen LogP contribution >= 0.6 is 27.5 Å². The Morgan fingerprint density at radius 3 is 2.33 bits per heavy atom. The molecule has 0 aromatic carbocycles. The van der Waals surface area contributed by atoms with Gasteiger partial charge in [-0.15, -0.1) is 11.6 Å². The maximum absolute atomic E-state index is 11.5. The van der Waals surface area contributed by atoms with Crippen LogP contribution in [0.5, 0.6) is 0 Å². The summed E-state index contributed by atoms with van der Waals surface area (Å²) in [5, 5.41) is 0. The summed E-state index contributed by atoms with van der Waals surface area (Å²) in [7, 11) is 0. The number of alkyl halides is 2. The number of hydrogen-bond donors (Lipinski definition) is 0. The molecule has 0 heterocycles. The molecule has 0 radical (unpaired) electrons. The van der Waals surface area contributed by atoms with Gasteiger partial charge in [-0.3, -0.25) is 4.79 Å². The number of nitrogens with zero attached hydrogens (tertiary/aromatic N) is 1. The molecule has 0 aromatic heterocycles. The normalized spacial score (nSPS) is 12.7. The quantitative estimate of drug-likeness (QED) is 0.691. The van der Waals surface area contributed by atoms with E-state index in [0.29, 0.717) is 12.3 Å². The van der Waals surface area contributed by atoms with E-state index in [1.165, 1.54) is 0 Å². The van der Waals surface area contributed by atoms with E-state index in [1.54, 1.807) is 4.90 Å². The Bertz CT molecular complexity index is 139. The highest BCUT2D eigenvalue weighted by atomic mass is 79.9. The SMILES string of the molecule is CCN(CC)C(=O)C(Br)CCCl. The number of carbonyl (C=O) groups excluding carboxylic acids is 1. The van der Waals surface area contributed by atoms with Gasteiger partial charge in [0.1, 0.15) is 0 Å². The minimum atomic E-state index is -0.116. The first-order valence-electron chi connectivity index (χ1n) is 4.16. The van der Waals surface area contributed by atoms with E-state index in [1.807, 2.05) is 13.8 Å². The summed E-state index contributed by atoms with van der Waals surface area (Å²) in [4.78, 5) is 13.2. The van der Waals surface area contributed by atoms with E-state index in [2.05, 4.69) is 15.9 Å². The van der Waals surface area contributed by atoms with E-state index in [-0.39, 0.29) is 10.7 Å². The highest BCUT2D eigenvalue weighted by Gasteiger charge is 2.18. The molecule has 12 heavy (non-hydrogen) atoms. The average Bonchev–Trinajstić information content (AvgIpc) is 2.07. The number of carbonyl (C=O) groups is 1. The Hall–Kier alpha value is 0.240. The van der Waals surface area contributed by atoms with Gasteiger partial charge in [0.25, 0.3) is 0 Å². The van der Waals surface area contributed by atoms with E-state index < -0.39 is 0 Å². The second-order valence-corrected chi connectivity index (χ2v) is 3.94. The highest BCUT2D eigenvalue weighted by Crippen LogP contribution is 2.10. The van der Waals surface area contributed by atoms with Crippen LogP contribution in [-0.2, 0) is 4.79 Å². The topological polar surface area (TPSA) is 20.3 Å². The summed E-state index contributed by atoms with van der Waals surface area (Å²) in [5.41, 5.74) is 0. The molecule has 4 heteroatoms. The van der Waals surface area contributed by atoms with Crippen molar-refractivity contribution in [2.45, 2.75) is 25.1 Å². The first-order chi connectivity index (χ1) is 5.67. The molecule has 0 saturated heterocycles. The van der Waals surface area contributed by atoms with Gasteiger partial charge in [0.2, 0.25) is 5.91 Å². The third kappa shape index (κ3) is 3.76. The fraction of sp³-hybridized carbons (Fsp3) is 0.875. The maximum atomic E-state index is 11.5. The van der Waals surface area contributed by atoms with Crippen LogP contribution in [0.3, 0.4) is 0 Å². The standard InChI is InChI=1S/C8H15BrClNO/c1-3-11(4-2)8(12)7(9)5-6-10/h7H,3-6H2,1-2H3. The second-order valence-electron chi connectivity index (χ2n) is 2.46. The summed E-state index contributed by atoms with van der Waals surface area (Å²) in [6.07, 6.45) is 0.691. The molecule has 0 aromatic rings. The summed E-state index contributed by atoms with van der Waals surface area (Å²) in [6.45, 7) is 5.48. The van der Waals surface area contributed by atoms with E-state index in [4.69, 9.17) is 11.6 Å². The number of amides is 1. The van der Waals surface area contributed by atoms with Crippen molar-refractivity contribution < 1.29 is 4.79 Å². The Kier molecular flexibility index (Phi) is 6.86. The zero-order valence-corrected chi connectivity index (χ0v) is 9.86. The average molecular weight is 257 g/mol. The first-order valence-corrected chi connectivity index (χ1v) is 5.61. The van der Waals surface area contributed by atoms with Crippen molar-refractivity contribution >= 4 is 33.4 Å². The molecule has 0 N–H and O–H groups in total. The van der Waals surface area contributed by atoms with Crippen LogP contribution in [0, 0.1) is 0 Å². The van der Waals surface area contributed by atoms with Crippen LogP contribution < -0.4 is 0 Å². The summed E-state index contributed by atoms with van der Waals surface area (Å²) in [6, 6.07) is 0. The Labute approximate surface area is 87.4 Å². The third-order valence-corrected chi connectivity index (χ3v) is 2.77. The third-order valence-electron chi connectivity index (χ3n) is 1.71. The van der Waals surface area contributed by atoms with E-state index in [0.717, 1.165) is 13.1 Å². The molecule has 1 unspecified atom stereocenters. The molecule has 0 aliphatic carbocycles. The zero-order chi connectivity index (χ0) is 9.56. The molecule has 0 spiro atoms. The van der Waals surface area contributed by atoms with Crippen LogP contribution in [0.25, 0.3) is 0 Å². The second kappa shape index (κ2) is 6.72. The molecule has 0 bridgehead atoms. The van der Waals surface area contributed by atoms with E-state index in [9.17, 15) is 4.79 Å². The van der Waals surface area contributed by atoms with Crippen LogP contribution in [0.15, 0.2) is 0 Å². The van der Waals surface area contributed by atoms with Gasteiger partial charge in [-0.2, -0.15) is 0 Å². The molecule has 72 valence electrons. The molecule has 0 aliphatic heterocycles. The highest BCUT2D eigenvalue weighted by molar-refractivity contribution is 9.10. The minimum absolute atomic E-state index is 0.116. The summed E-state index contributed by atoms with van der Waals surface area (Å²) in [5.74, 6) is 0.656. The Morgan fingerprint density at radius 2 is 2.00 bits per heavy atom. The largest absolute Gasteiger partial charge is 0.342 e. The number of hydrogen-bond acceptors (Lipinski definition) is 1. The van der Waals surface area contributed by atoms with Crippen molar-refractivity contribution in [3.8, 4) is 0 Å². The molecule has 1 atom stereocenters. The predicted octanol–water partition coefficient (Wildman–Crippen LogP) is 2.25. The van der Waals surface area contributed by atoms with Gasteiger partial charge in [0.05, 0.1) is 4.83 Å². The molecular weight excluding hydrogens is 241 g/mol. The monoisotopic (exact) mass is 255 g/mol. The van der Waals surface area contributed by atoms with Gasteiger partial charge >= 0.3 is 0 Å². The van der Waals surface area contributed by atoms with Crippen molar-refractivity contribution in [3.05, 3.63) is 0 Å². The van der Waals surface area contributed by atoms with Gasteiger partial charge in [0.15, 0.2) is 0 Å². The van der Waals surface area contributed by atoms with Gasteiger partial charge < -0.3 is 4.90 Å². The van der Waals surface area contributed by atoms with Crippen LogP contribution in [0.2, 0.25) is 0 Å². The minimum Gasteiger partial charge on any atom is -0.342 e. The van der Waals surface area contributed by atoms with Crippen molar-refractivity contribution in [2.75, 3.05) is 19.0 Å². The molecule has 0 aliphatic rings. The lowest BCUT2D eigenvalue weighted by atomic mass is 10.3. The fourth-order valence-electron chi connectivity index (χ4n) is 0.953. The molecule has 0 saturated carbocycles. The Morgan fingerprint density at radius 1 is 1.50 bits per heavy atom. The van der Waals surface area contributed by atoms with Crippen LogP contribution in [0.4, 0.5) is 0 Å². The lowest BCUT2D eigenvalue weighted by Crippen LogP contribution is -2.36. The first kappa shape index (κ1) is 12.2. The van der Waals surface area contributed by atoms with Gasteiger partial charge in [-0.05, 0) is 20.3 Å². The van der Waals surface area contributed by atoms with Gasteiger partial charge in [-0.1, -0.05) is 15.9 Å². The van der Waals surface area contributed by atoms with Gasteiger partial charge in [-0.25, -0.2) is 0 Å². The fourth-order valence-corrected chi connectivity index (χ4v) is 1.95. The summed E-state index contributed by atoms with van der Waals surface area (Å²) < 4.78 is 0. The number of rotatable bonds is 5.